The van der Waals surface area contributed by atoms with Gasteiger partial charge in [-0.25, -0.2) is 0 Å². The molecule has 2 heterocycles. The highest BCUT2D eigenvalue weighted by Gasteiger charge is 2.29. The Morgan fingerprint density at radius 1 is 1.07 bits per heavy atom. The van der Waals surface area contributed by atoms with Crippen molar-refractivity contribution in [2.75, 3.05) is 40.3 Å². The van der Waals surface area contributed by atoms with Crippen LogP contribution in [0.2, 0.25) is 5.02 Å². The first kappa shape index (κ1) is 21.0. The van der Waals surface area contributed by atoms with E-state index in [9.17, 15) is 13.2 Å². The van der Waals surface area contributed by atoms with E-state index in [2.05, 4.69) is 0 Å². The second-order valence-electron chi connectivity index (χ2n) is 6.56. The van der Waals surface area contributed by atoms with Crippen molar-refractivity contribution in [1.82, 2.24) is 13.5 Å². The predicted molar refractivity (Wildman–Crippen MR) is 115 cm³/mol. The molecule has 0 N–H and O–H groups in total. The summed E-state index contributed by atoms with van der Waals surface area (Å²) in [5, 5.41) is 0.699. The van der Waals surface area contributed by atoms with Crippen LogP contribution in [0.25, 0.3) is 16.5 Å². The fourth-order valence-electron chi connectivity index (χ4n) is 2.84. The quantitative estimate of drug-likeness (QED) is 0.673. The number of piperazine rings is 1. The highest BCUT2D eigenvalue weighted by Crippen LogP contribution is 2.29. The summed E-state index contributed by atoms with van der Waals surface area (Å²) in [6.45, 7) is 1.38. The topological polar surface area (TPSA) is 60.9 Å². The van der Waals surface area contributed by atoms with Gasteiger partial charge in [-0.3, -0.25) is 4.79 Å². The number of rotatable bonds is 5. The van der Waals surface area contributed by atoms with Gasteiger partial charge in [0.25, 0.3) is 10.2 Å². The zero-order chi connectivity index (χ0) is 20.3. The maximum Gasteiger partial charge on any atom is 0.281 e. The third-order valence-electron chi connectivity index (χ3n) is 4.48. The van der Waals surface area contributed by atoms with Gasteiger partial charge < -0.3 is 4.90 Å². The molecule has 28 heavy (non-hydrogen) atoms. The Morgan fingerprint density at radius 2 is 1.71 bits per heavy atom. The van der Waals surface area contributed by atoms with E-state index >= 15 is 0 Å². The van der Waals surface area contributed by atoms with Gasteiger partial charge in [0.2, 0.25) is 5.91 Å². The van der Waals surface area contributed by atoms with Gasteiger partial charge in [-0.15, -0.1) is 11.3 Å². The summed E-state index contributed by atoms with van der Waals surface area (Å²) in [4.78, 5) is 16.2. The molecule has 0 radical (unpaired) electrons. The van der Waals surface area contributed by atoms with Crippen LogP contribution in [0.5, 0.6) is 0 Å². The second-order valence-corrected chi connectivity index (χ2v) is 10.3. The van der Waals surface area contributed by atoms with Crippen molar-refractivity contribution < 1.29 is 13.2 Å². The minimum Gasteiger partial charge on any atom is -0.337 e. The largest absolute Gasteiger partial charge is 0.337 e. The van der Waals surface area contributed by atoms with Gasteiger partial charge in [0, 0.05) is 61.1 Å². The number of hydrogen-bond donors (Lipinski definition) is 0. The van der Waals surface area contributed by atoms with Gasteiger partial charge in [-0.05, 0) is 35.9 Å². The second kappa shape index (κ2) is 8.75. The van der Waals surface area contributed by atoms with E-state index in [-0.39, 0.29) is 5.91 Å². The molecule has 150 valence electrons. The first-order valence-corrected chi connectivity index (χ1v) is 11.4. The standard InChI is InChI=1S/C19H22ClN3O3S2/c1-21(2)28(25,26)23-13-11-22(12-14-23)19(24)10-8-17-7-9-18(27-17)15-3-5-16(20)6-4-15/h3-10H,11-14H2,1-2H3. The van der Waals surface area contributed by atoms with Crippen molar-refractivity contribution in [1.29, 1.82) is 0 Å². The molecule has 1 aromatic heterocycles. The van der Waals surface area contributed by atoms with E-state index in [1.807, 2.05) is 36.4 Å². The van der Waals surface area contributed by atoms with Gasteiger partial charge in [0.05, 0.1) is 0 Å². The third-order valence-corrected chi connectivity index (χ3v) is 7.78. The normalized spacial score (nSPS) is 16.2. The number of amides is 1. The molecular weight excluding hydrogens is 418 g/mol. The Morgan fingerprint density at radius 3 is 2.32 bits per heavy atom. The van der Waals surface area contributed by atoms with Crippen molar-refractivity contribution in [2.45, 2.75) is 0 Å². The number of carbonyl (C=O) groups is 1. The number of halogens is 1. The van der Waals surface area contributed by atoms with Crippen LogP contribution in [0.3, 0.4) is 0 Å². The number of benzene rings is 1. The zero-order valence-electron chi connectivity index (χ0n) is 15.7. The van der Waals surface area contributed by atoms with Crippen molar-refractivity contribution in [3.05, 3.63) is 52.4 Å². The SMILES string of the molecule is CN(C)S(=O)(=O)N1CCN(C(=O)C=Cc2ccc(-c3ccc(Cl)cc3)s2)CC1. The molecule has 1 saturated heterocycles. The van der Waals surface area contributed by atoms with E-state index in [0.29, 0.717) is 31.2 Å². The fourth-order valence-corrected chi connectivity index (χ4v) is 4.97. The Labute approximate surface area is 174 Å². The molecular formula is C19H22ClN3O3S2. The minimum absolute atomic E-state index is 0.108. The molecule has 6 nitrogen and oxygen atoms in total. The molecule has 0 saturated carbocycles. The Bertz CT molecular complexity index is 961. The number of carbonyl (C=O) groups excluding carboxylic acids is 1. The molecule has 0 atom stereocenters. The Kier molecular flexibility index (Phi) is 6.57. The lowest BCUT2D eigenvalue weighted by Crippen LogP contribution is -2.52. The van der Waals surface area contributed by atoms with Gasteiger partial charge in [0.15, 0.2) is 0 Å². The van der Waals surface area contributed by atoms with E-state index in [4.69, 9.17) is 11.6 Å². The average Bonchev–Trinajstić information content (AvgIpc) is 3.15. The van der Waals surface area contributed by atoms with Crippen LogP contribution in [-0.4, -0.2) is 68.1 Å². The molecule has 9 heteroatoms. The van der Waals surface area contributed by atoms with Crippen LogP contribution in [0.15, 0.2) is 42.5 Å². The molecule has 1 amide bonds. The summed E-state index contributed by atoms with van der Waals surface area (Å²) in [6, 6.07) is 11.6. The van der Waals surface area contributed by atoms with Crippen LogP contribution < -0.4 is 0 Å². The summed E-state index contributed by atoms with van der Waals surface area (Å²) in [6.07, 6.45) is 3.35. The van der Waals surface area contributed by atoms with Gasteiger partial charge >= 0.3 is 0 Å². The summed E-state index contributed by atoms with van der Waals surface area (Å²) < 4.78 is 26.9. The Hall–Kier alpha value is -1.71. The van der Waals surface area contributed by atoms with Gasteiger partial charge in [-0.2, -0.15) is 17.0 Å². The van der Waals surface area contributed by atoms with E-state index in [1.54, 1.807) is 28.4 Å². The summed E-state index contributed by atoms with van der Waals surface area (Å²) in [7, 11) is -0.409. The molecule has 0 bridgehead atoms. The van der Waals surface area contributed by atoms with Crippen LogP contribution in [0.1, 0.15) is 4.88 Å². The molecule has 0 unspecified atom stereocenters. The molecule has 1 aromatic carbocycles. The van der Waals surface area contributed by atoms with E-state index in [1.165, 1.54) is 22.7 Å². The molecule has 0 spiro atoms. The summed E-state index contributed by atoms with van der Waals surface area (Å²) >= 11 is 7.52. The fraction of sp³-hybridized carbons (Fsp3) is 0.316. The van der Waals surface area contributed by atoms with Crippen molar-refractivity contribution in [3.63, 3.8) is 0 Å². The van der Waals surface area contributed by atoms with Crippen molar-refractivity contribution in [2.24, 2.45) is 0 Å². The van der Waals surface area contributed by atoms with Crippen LogP contribution in [-0.2, 0) is 15.0 Å². The minimum atomic E-state index is -3.43. The third kappa shape index (κ3) is 4.82. The maximum atomic E-state index is 12.4. The van der Waals surface area contributed by atoms with Gasteiger partial charge in [-0.1, -0.05) is 23.7 Å². The average molecular weight is 440 g/mol. The van der Waals surface area contributed by atoms with Crippen LogP contribution in [0.4, 0.5) is 0 Å². The number of nitrogens with zero attached hydrogens (tertiary/aromatic N) is 3. The smallest absolute Gasteiger partial charge is 0.281 e. The molecule has 3 rings (SSSR count). The lowest BCUT2D eigenvalue weighted by molar-refractivity contribution is -0.127. The molecule has 1 fully saturated rings. The lowest BCUT2D eigenvalue weighted by Gasteiger charge is -2.34. The van der Waals surface area contributed by atoms with Crippen LogP contribution in [0, 0.1) is 0 Å². The highest BCUT2D eigenvalue weighted by atomic mass is 35.5. The van der Waals surface area contributed by atoms with Crippen molar-refractivity contribution >= 4 is 45.1 Å². The number of hydrogen-bond acceptors (Lipinski definition) is 4. The molecule has 1 aliphatic rings. The van der Waals surface area contributed by atoms with E-state index < -0.39 is 10.2 Å². The summed E-state index contributed by atoms with van der Waals surface area (Å²) in [5.41, 5.74) is 1.08. The first-order chi connectivity index (χ1) is 13.3. The monoisotopic (exact) mass is 439 g/mol. The lowest BCUT2D eigenvalue weighted by atomic mass is 10.2. The van der Waals surface area contributed by atoms with Crippen LogP contribution >= 0.6 is 22.9 Å². The Balaban J connectivity index is 1.58. The zero-order valence-corrected chi connectivity index (χ0v) is 18.1. The highest BCUT2D eigenvalue weighted by molar-refractivity contribution is 7.86. The number of thiophene rings is 1. The molecule has 0 aliphatic carbocycles. The van der Waals surface area contributed by atoms with Crippen molar-refractivity contribution in [3.8, 4) is 10.4 Å². The van der Waals surface area contributed by atoms with E-state index in [0.717, 1.165) is 15.3 Å². The van der Waals surface area contributed by atoms with Gasteiger partial charge in [0.1, 0.15) is 0 Å². The summed E-state index contributed by atoms with van der Waals surface area (Å²) in [5.74, 6) is -0.108. The predicted octanol–water partition coefficient (Wildman–Crippen LogP) is 3.03. The molecule has 1 aliphatic heterocycles. The molecule has 2 aromatic rings. The maximum absolute atomic E-state index is 12.4. The first-order valence-electron chi connectivity index (χ1n) is 8.78.